The van der Waals surface area contributed by atoms with Crippen molar-refractivity contribution in [3.63, 3.8) is 0 Å². The largest absolute Gasteiger partial charge is 0.465 e. The minimum Gasteiger partial charge on any atom is -0.465 e. The van der Waals surface area contributed by atoms with Gasteiger partial charge in [0.25, 0.3) is 0 Å². The van der Waals surface area contributed by atoms with Crippen molar-refractivity contribution in [1.29, 1.82) is 0 Å². The summed E-state index contributed by atoms with van der Waals surface area (Å²) in [7, 11) is 0. The molecule has 0 spiro atoms. The molecule has 0 radical (unpaired) electrons. The Bertz CT molecular complexity index is 348. The number of esters is 1. The number of benzene rings is 1. The molecule has 0 fully saturated rings. The molecule has 2 N–H and O–H groups in total. The maximum atomic E-state index is 11.4. The highest BCUT2D eigenvalue weighted by atomic mass is 16.5. The third-order valence-electron chi connectivity index (χ3n) is 2.23. The van der Waals surface area contributed by atoms with Crippen molar-refractivity contribution in [1.82, 2.24) is 0 Å². The van der Waals surface area contributed by atoms with Crippen LogP contribution >= 0.6 is 0 Å². The molecule has 0 atom stereocenters. The van der Waals surface area contributed by atoms with Crippen LogP contribution in [0.4, 0.5) is 5.69 Å². The van der Waals surface area contributed by atoms with Crippen molar-refractivity contribution >= 4 is 11.7 Å². The first-order chi connectivity index (χ1) is 7.59. The first-order valence-corrected chi connectivity index (χ1v) is 5.58. The number of hydrogen-bond acceptors (Lipinski definition) is 3. The van der Waals surface area contributed by atoms with E-state index >= 15 is 0 Å². The van der Waals surface area contributed by atoms with Crippen LogP contribution in [-0.4, -0.2) is 12.6 Å². The van der Waals surface area contributed by atoms with Gasteiger partial charge in [-0.25, -0.2) is 0 Å². The van der Waals surface area contributed by atoms with Crippen LogP contribution in [-0.2, 0) is 16.0 Å². The Kier molecular flexibility index (Phi) is 4.83. The van der Waals surface area contributed by atoms with Crippen molar-refractivity contribution in [2.75, 3.05) is 12.3 Å². The minimum atomic E-state index is -0.156. The Morgan fingerprint density at radius 3 is 2.69 bits per heavy atom. The van der Waals surface area contributed by atoms with Gasteiger partial charge >= 0.3 is 5.97 Å². The summed E-state index contributed by atoms with van der Waals surface area (Å²) in [4.78, 5) is 11.4. The fourth-order valence-electron chi connectivity index (χ4n) is 1.33. The lowest BCUT2D eigenvalue weighted by Crippen LogP contribution is -2.10. The lowest BCUT2D eigenvalue weighted by atomic mass is 10.1. The van der Waals surface area contributed by atoms with E-state index in [1.807, 2.05) is 38.1 Å². The second kappa shape index (κ2) is 6.16. The molecule has 88 valence electrons. The zero-order valence-corrected chi connectivity index (χ0v) is 9.90. The topological polar surface area (TPSA) is 52.3 Å². The number of carbonyl (C=O) groups excluding carboxylic acids is 1. The van der Waals surface area contributed by atoms with Crippen LogP contribution in [0.15, 0.2) is 24.3 Å². The zero-order chi connectivity index (χ0) is 12.0. The van der Waals surface area contributed by atoms with E-state index in [9.17, 15) is 4.79 Å². The van der Waals surface area contributed by atoms with Gasteiger partial charge in [-0.2, -0.15) is 0 Å². The predicted octanol–water partition coefficient (Wildman–Crippen LogP) is 2.40. The van der Waals surface area contributed by atoms with E-state index in [1.165, 1.54) is 0 Å². The zero-order valence-electron chi connectivity index (χ0n) is 9.90. The van der Waals surface area contributed by atoms with Crippen LogP contribution in [0.1, 0.15) is 25.8 Å². The molecule has 0 unspecified atom stereocenters. The minimum absolute atomic E-state index is 0.156. The quantitative estimate of drug-likeness (QED) is 0.613. The van der Waals surface area contributed by atoms with E-state index in [1.54, 1.807) is 0 Å². The highest BCUT2D eigenvalue weighted by molar-refractivity contribution is 5.70. The Morgan fingerprint density at radius 2 is 2.06 bits per heavy atom. The van der Waals surface area contributed by atoms with Gasteiger partial charge in [0.1, 0.15) is 0 Å². The standard InChI is InChI=1S/C13H19NO2/c1-10(2)9-16-13(15)8-7-11-5-3-4-6-12(11)14/h3-6,10H,7-9,14H2,1-2H3. The molecule has 0 aromatic heterocycles. The van der Waals surface area contributed by atoms with Crippen molar-refractivity contribution in [2.24, 2.45) is 5.92 Å². The summed E-state index contributed by atoms with van der Waals surface area (Å²) in [6.07, 6.45) is 1.03. The molecular formula is C13H19NO2. The molecule has 0 saturated carbocycles. The van der Waals surface area contributed by atoms with Crippen molar-refractivity contribution in [3.05, 3.63) is 29.8 Å². The van der Waals surface area contributed by atoms with Crippen molar-refractivity contribution < 1.29 is 9.53 Å². The SMILES string of the molecule is CC(C)COC(=O)CCc1ccccc1N. The molecule has 3 heteroatoms. The predicted molar refractivity (Wildman–Crippen MR) is 65.0 cm³/mol. The van der Waals surface area contributed by atoms with Gasteiger partial charge in [-0.1, -0.05) is 32.0 Å². The summed E-state index contributed by atoms with van der Waals surface area (Å²) < 4.78 is 5.09. The molecule has 0 saturated heterocycles. The lowest BCUT2D eigenvalue weighted by Gasteiger charge is -2.08. The highest BCUT2D eigenvalue weighted by Gasteiger charge is 2.06. The molecule has 0 aliphatic carbocycles. The molecule has 0 heterocycles. The Balaban J connectivity index is 2.35. The number of rotatable bonds is 5. The van der Waals surface area contributed by atoms with E-state index in [0.717, 1.165) is 11.3 Å². The van der Waals surface area contributed by atoms with Crippen LogP contribution in [0.2, 0.25) is 0 Å². The van der Waals surface area contributed by atoms with Crippen LogP contribution in [0.25, 0.3) is 0 Å². The van der Waals surface area contributed by atoms with E-state index < -0.39 is 0 Å². The summed E-state index contributed by atoms with van der Waals surface area (Å²) in [5, 5.41) is 0. The highest BCUT2D eigenvalue weighted by Crippen LogP contribution is 2.12. The average molecular weight is 221 g/mol. The van der Waals surface area contributed by atoms with Gasteiger partial charge in [0.2, 0.25) is 0 Å². The van der Waals surface area contributed by atoms with Crippen molar-refractivity contribution in [2.45, 2.75) is 26.7 Å². The van der Waals surface area contributed by atoms with Gasteiger partial charge < -0.3 is 10.5 Å². The second-order valence-corrected chi connectivity index (χ2v) is 4.28. The fraction of sp³-hybridized carbons (Fsp3) is 0.462. The molecule has 0 bridgehead atoms. The summed E-state index contributed by atoms with van der Waals surface area (Å²) in [5.74, 6) is 0.225. The molecule has 1 aromatic rings. The second-order valence-electron chi connectivity index (χ2n) is 4.28. The molecule has 0 aliphatic rings. The van der Waals surface area contributed by atoms with E-state index in [0.29, 0.717) is 25.4 Å². The van der Waals surface area contributed by atoms with Gasteiger partial charge in [0.05, 0.1) is 6.61 Å². The molecule has 0 amide bonds. The van der Waals surface area contributed by atoms with Gasteiger partial charge in [0.15, 0.2) is 0 Å². The van der Waals surface area contributed by atoms with E-state index in [4.69, 9.17) is 10.5 Å². The van der Waals surface area contributed by atoms with Crippen molar-refractivity contribution in [3.8, 4) is 0 Å². The number of anilines is 1. The van der Waals surface area contributed by atoms with Gasteiger partial charge in [0, 0.05) is 12.1 Å². The number of nitrogens with two attached hydrogens (primary N) is 1. The van der Waals surface area contributed by atoms with E-state index in [-0.39, 0.29) is 5.97 Å². The van der Waals surface area contributed by atoms with Crippen LogP contribution in [0.3, 0.4) is 0 Å². The summed E-state index contributed by atoms with van der Waals surface area (Å²) in [6, 6.07) is 7.58. The lowest BCUT2D eigenvalue weighted by molar-refractivity contribution is -0.144. The molecular weight excluding hydrogens is 202 g/mol. The maximum Gasteiger partial charge on any atom is 0.306 e. The number of para-hydroxylation sites is 1. The normalized spacial score (nSPS) is 10.4. The summed E-state index contributed by atoms with van der Waals surface area (Å²) in [6.45, 7) is 4.52. The van der Waals surface area contributed by atoms with Crippen LogP contribution in [0, 0.1) is 5.92 Å². The smallest absolute Gasteiger partial charge is 0.306 e. The first-order valence-electron chi connectivity index (χ1n) is 5.58. The Morgan fingerprint density at radius 1 is 1.38 bits per heavy atom. The molecule has 0 aliphatic heterocycles. The third-order valence-corrected chi connectivity index (χ3v) is 2.23. The third kappa shape index (κ3) is 4.34. The monoisotopic (exact) mass is 221 g/mol. The van der Waals surface area contributed by atoms with Gasteiger partial charge in [-0.15, -0.1) is 0 Å². The molecule has 3 nitrogen and oxygen atoms in total. The Hall–Kier alpha value is -1.51. The number of hydrogen-bond donors (Lipinski definition) is 1. The first kappa shape index (κ1) is 12.6. The molecule has 1 aromatic carbocycles. The van der Waals surface area contributed by atoms with Gasteiger partial charge in [-0.3, -0.25) is 4.79 Å². The summed E-state index contributed by atoms with van der Waals surface area (Å²) >= 11 is 0. The van der Waals surface area contributed by atoms with Crippen LogP contribution in [0.5, 0.6) is 0 Å². The number of ether oxygens (including phenoxy) is 1. The molecule has 16 heavy (non-hydrogen) atoms. The molecule has 1 rings (SSSR count). The fourth-order valence-corrected chi connectivity index (χ4v) is 1.33. The van der Waals surface area contributed by atoms with Crippen LogP contribution < -0.4 is 5.73 Å². The van der Waals surface area contributed by atoms with E-state index in [2.05, 4.69) is 0 Å². The number of nitrogen functional groups attached to an aromatic ring is 1. The summed E-state index contributed by atoms with van der Waals surface area (Å²) in [5.41, 5.74) is 7.52. The average Bonchev–Trinajstić information content (AvgIpc) is 2.25. The van der Waals surface area contributed by atoms with Gasteiger partial charge in [-0.05, 0) is 24.0 Å². The maximum absolute atomic E-state index is 11.4. The Labute approximate surface area is 96.6 Å². The number of aryl methyl sites for hydroxylation is 1. The number of carbonyl (C=O) groups is 1.